The number of carbonyl (C=O) groups excluding carboxylic acids is 1. The molecule has 0 unspecified atom stereocenters. The molecule has 130 valence electrons. The smallest absolute Gasteiger partial charge is 0.188 e. The predicted octanol–water partition coefficient (Wildman–Crippen LogP) is 6.80. The van der Waals surface area contributed by atoms with E-state index < -0.39 is 0 Å². The third-order valence-corrected chi connectivity index (χ3v) is 3.37. The van der Waals surface area contributed by atoms with Crippen molar-refractivity contribution in [2.75, 3.05) is 0 Å². The van der Waals surface area contributed by atoms with Gasteiger partial charge in [0.25, 0.3) is 0 Å². The minimum atomic E-state index is 0. The molecule has 2 rings (SSSR count). The third-order valence-electron chi connectivity index (χ3n) is 3.37. The number of rotatable bonds is 2. The third kappa shape index (κ3) is 12.0. The molecule has 2 heteroatoms. The van der Waals surface area contributed by atoms with E-state index in [1.165, 1.54) is 32.1 Å². The van der Waals surface area contributed by atoms with Gasteiger partial charge < -0.3 is 0 Å². The quantitative estimate of drug-likeness (QED) is 0.396. The Hall–Kier alpha value is -0.591. The van der Waals surface area contributed by atoms with E-state index >= 15 is 0 Å². The molecule has 2 aliphatic rings. The van der Waals surface area contributed by atoms with Crippen LogP contribution in [0.2, 0.25) is 0 Å². The van der Waals surface area contributed by atoms with Crippen molar-refractivity contribution in [2.24, 2.45) is 0 Å². The van der Waals surface area contributed by atoms with Crippen LogP contribution in [0.3, 0.4) is 0 Å². The maximum atomic E-state index is 11.6. The first-order chi connectivity index (χ1) is 10.1. The zero-order valence-corrected chi connectivity index (χ0v) is 16.8. The Kier molecular flexibility index (Phi) is 22.1. The topological polar surface area (TPSA) is 17.1 Å². The van der Waals surface area contributed by atoms with Gasteiger partial charge in [-0.05, 0) is 32.8 Å². The summed E-state index contributed by atoms with van der Waals surface area (Å²) in [5, 5.41) is 0. The molecule has 1 saturated carbocycles. The fourth-order valence-electron chi connectivity index (χ4n) is 1.95. The average Bonchev–Trinajstić information content (AvgIpc) is 3.25. The standard InChI is InChI=1S/C11H14O.C5H10.2C2H6.Fe/c1-8(2)9(3)11(12)10-6-4-5-7-10;1-2-4-5-3-1;2*1-2;/h4,6-7H,5H2,1-3H3;1-5H2;2*1-2H3;. The van der Waals surface area contributed by atoms with Gasteiger partial charge in [-0.1, -0.05) is 83.6 Å². The van der Waals surface area contributed by atoms with Gasteiger partial charge in [-0.2, -0.15) is 0 Å². The molecule has 0 atom stereocenters. The molecule has 0 aromatic carbocycles. The average molecular weight is 348 g/mol. The van der Waals surface area contributed by atoms with Crippen molar-refractivity contribution in [3.8, 4) is 0 Å². The van der Waals surface area contributed by atoms with Crippen LogP contribution in [0.15, 0.2) is 34.9 Å². The Labute approximate surface area is 149 Å². The van der Waals surface area contributed by atoms with Gasteiger partial charge in [0, 0.05) is 22.6 Å². The van der Waals surface area contributed by atoms with E-state index in [2.05, 4.69) is 0 Å². The summed E-state index contributed by atoms with van der Waals surface area (Å²) in [6.07, 6.45) is 14.3. The Morgan fingerprint density at radius 3 is 1.55 bits per heavy atom. The second-order valence-electron chi connectivity index (χ2n) is 5.02. The SMILES string of the molecule is C1CCCC1.CC.CC.CC(C)=C(C)C(=O)C1=CCC=C1.[Fe]. The van der Waals surface area contributed by atoms with Gasteiger partial charge in [0.1, 0.15) is 0 Å². The summed E-state index contributed by atoms with van der Waals surface area (Å²) in [6, 6.07) is 0. The molecular formula is C20H36FeO. The maximum absolute atomic E-state index is 11.6. The molecule has 22 heavy (non-hydrogen) atoms. The first-order valence-electron chi connectivity index (χ1n) is 8.68. The van der Waals surface area contributed by atoms with Crippen LogP contribution in [0, 0.1) is 0 Å². The van der Waals surface area contributed by atoms with E-state index in [4.69, 9.17) is 0 Å². The fraction of sp³-hybridized carbons (Fsp3) is 0.650. The molecule has 0 aromatic heterocycles. The van der Waals surface area contributed by atoms with Crippen LogP contribution in [0.4, 0.5) is 0 Å². The minimum absolute atomic E-state index is 0. The van der Waals surface area contributed by atoms with Gasteiger partial charge in [-0.25, -0.2) is 0 Å². The van der Waals surface area contributed by atoms with E-state index in [-0.39, 0.29) is 22.9 Å². The first-order valence-corrected chi connectivity index (χ1v) is 8.68. The van der Waals surface area contributed by atoms with Crippen molar-refractivity contribution in [3.63, 3.8) is 0 Å². The Bertz CT molecular complexity index is 342. The minimum Gasteiger partial charge on any atom is -0.289 e. The van der Waals surface area contributed by atoms with Crippen molar-refractivity contribution in [3.05, 3.63) is 34.9 Å². The summed E-state index contributed by atoms with van der Waals surface area (Å²) < 4.78 is 0. The second kappa shape index (κ2) is 18.5. The number of hydrogen-bond donors (Lipinski definition) is 0. The summed E-state index contributed by atoms with van der Waals surface area (Å²) >= 11 is 0. The Morgan fingerprint density at radius 2 is 1.27 bits per heavy atom. The summed E-state index contributed by atoms with van der Waals surface area (Å²) in [5.41, 5.74) is 2.81. The van der Waals surface area contributed by atoms with Crippen LogP contribution in [-0.4, -0.2) is 5.78 Å². The van der Waals surface area contributed by atoms with Crippen LogP contribution in [-0.2, 0) is 21.9 Å². The van der Waals surface area contributed by atoms with Crippen LogP contribution < -0.4 is 0 Å². The van der Waals surface area contributed by atoms with Gasteiger partial charge in [0.15, 0.2) is 5.78 Å². The monoisotopic (exact) mass is 348 g/mol. The molecular weight excluding hydrogens is 312 g/mol. The Balaban J connectivity index is -0.000000303. The number of allylic oxidation sites excluding steroid dienone is 6. The predicted molar refractivity (Wildman–Crippen MR) is 96.7 cm³/mol. The van der Waals surface area contributed by atoms with Crippen molar-refractivity contribution >= 4 is 5.78 Å². The van der Waals surface area contributed by atoms with Crippen LogP contribution in [0.1, 0.15) is 87.0 Å². The normalized spacial score (nSPS) is 13.9. The number of Topliss-reactive ketones (excluding diaryl/α,β-unsaturated/α-hetero) is 1. The van der Waals surface area contributed by atoms with Crippen molar-refractivity contribution in [1.82, 2.24) is 0 Å². The molecule has 0 spiro atoms. The summed E-state index contributed by atoms with van der Waals surface area (Å²) in [6.45, 7) is 13.8. The molecule has 1 fully saturated rings. The zero-order valence-electron chi connectivity index (χ0n) is 15.7. The molecule has 0 saturated heterocycles. The van der Waals surface area contributed by atoms with Gasteiger partial charge in [-0.15, -0.1) is 0 Å². The van der Waals surface area contributed by atoms with E-state index in [0.29, 0.717) is 0 Å². The largest absolute Gasteiger partial charge is 0.289 e. The molecule has 0 heterocycles. The van der Waals surface area contributed by atoms with E-state index in [9.17, 15) is 4.79 Å². The van der Waals surface area contributed by atoms with E-state index in [1.54, 1.807) is 0 Å². The van der Waals surface area contributed by atoms with Crippen molar-refractivity contribution < 1.29 is 21.9 Å². The second-order valence-corrected chi connectivity index (χ2v) is 5.02. The number of hydrogen-bond acceptors (Lipinski definition) is 1. The molecule has 0 bridgehead atoms. The Morgan fingerprint density at radius 1 is 0.864 bits per heavy atom. The van der Waals surface area contributed by atoms with E-state index in [1.807, 2.05) is 66.7 Å². The molecule has 0 aliphatic heterocycles. The maximum Gasteiger partial charge on any atom is 0.188 e. The summed E-state index contributed by atoms with van der Waals surface area (Å²) in [5.74, 6) is 0.170. The number of ketones is 1. The molecule has 0 amide bonds. The number of carbonyl (C=O) groups is 1. The molecule has 2 aliphatic carbocycles. The molecule has 0 aromatic rings. The summed E-state index contributed by atoms with van der Waals surface area (Å²) in [4.78, 5) is 11.6. The molecule has 1 nitrogen and oxygen atoms in total. The van der Waals surface area contributed by atoms with Crippen LogP contribution in [0.5, 0.6) is 0 Å². The van der Waals surface area contributed by atoms with Gasteiger partial charge in [0.05, 0.1) is 0 Å². The van der Waals surface area contributed by atoms with Crippen LogP contribution >= 0.6 is 0 Å². The van der Waals surface area contributed by atoms with Gasteiger partial charge in [0.2, 0.25) is 0 Å². The van der Waals surface area contributed by atoms with E-state index in [0.717, 1.165) is 23.1 Å². The molecule has 0 radical (unpaired) electrons. The fourth-order valence-corrected chi connectivity index (χ4v) is 1.95. The molecule has 0 N–H and O–H groups in total. The zero-order chi connectivity index (χ0) is 16.7. The van der Waals surface area contributed by atoms with Gasteiger partial charge in [-0.3, -0.25) is 4.79 Å². The van der Waals surface area contributed by atoms with Gasteiger partial charge >= 0.3 is 0 Å². The van der Waals surface area contributed by atoms with Crippen molar-refractivity contribution in [2.45, 2.75) is 87.0 Å². The van der Waals surface area contributed by atoms with Crippen molar-refractivity contribution in [1.29, 1.82) is 0 Å². The summed E-state index contributed by atoms with van der Waals surface area (Å²) in [7, 11) is 0. The van der Waals surface area contributed by atoms with Crippen LogP contribution in [0.25, 0.3) is 0 Å². The first kappa shape index (κ1) is 26.3.